The van der Waals surface area contributed by atoms with E-state index in [0.717, 1.165) is 30.9 Å². The minimum absolute atomic E-state index is 0.0945. The topological polar surface area (TPSA) is 55.1 Å². The van der Waals surface area contributed by atoms with Crippen molar-refractivity contribution < 1.29 is 9.90 Å². The van der Waals surface area contributed by atoms with Gasteiger partial charge in [0.2, 0.25) is 0 Å². The summed E-state index contributed by atoms with van der Waals surface area (Å²) in [4.78, 5) is 10.7. The number of hydrogen-bond acceptors (Lipinski definition) is 3. The van der Waals surface area contributed by atoms with Gasteiger partial charge in [0.05, 0.1) is 12.6 Å². The Morgan fingerprint density at radius 2 is 2.41 bits per heavy atom. The molecule has 2 rings (SSSR count). The van der Waals surface area contributed by atoms with Crippen LogP contribution in [0.1, 0.15) is 31.7 Å². The van der Waals surface area contributed by atoms with Crippen LogP contribution in [-0.2, 0) is 17.1 Å². The molecule has 5 heteroatoms. The number of nitrogens with zero attached hydrogens (tertiary/aromatic N) is 2. The van der Waals surface area contributed by atoms with Crippen LogP contribution in [0.25, 0.3) is 0 Å². The van der Waals surface area contributed by atoms with Gasteiger partial charge in [-0.15, -0.1) is 0 Å². The van der Waals surface area contributed by atoms with Crippen LogP contribution in [0.4, 0.5) is 0 Å². The normalized spacial score (nSPS) is 17.0. The van der Waals surface area contributed by atoms with Crippen LogP contribution >= 0.6 is 11.8 Å². The molecule has 1 aromatic heterocycles. The number of carbonyl (C=O) groups is 1. The number of hydrogen-bond donors (Lipinski definition) is 1. The van der Waals surface area contributed by atoms with Crippen LogP contribution in [0.15, 0.2) is 12.4 Å². The molecule has 1 fully saturated rings. The van der Waals surface area contributed by atoms with Gasteiger partial charge in [-0.05, 0) is 36.5 Å². The van der Waals surface area contributed by atoms with Gasteiger partial charge in [-0.2, -0.15) is 16.9 Å². The third-order valence-electron chi connectivity index (χ3n) is 3.17. The second-order valence-corrected chi connectivity index (χ2v) is 5.75. The summed E-state index contributed by atoms with van der Waals surface area (Å²) in [6.45, 7) is 2.96. The third-order valence-corrected chi connectivity index (χ3v) is 4.52. The Morgan fingerprint density at radius 3 is 2.94 bits per heavy atom. The molecule has 1 N–H and O–H groups in total. The van der Waals surface area contributed by atoms with Crippen molar-refractivity contribution in [2.24, 2.45) is 5.41 Å². The molecular weight excluding hydrogens is 236 g/mol. The molecule has 0 radical (unpaired) electrons. The summed E-state index contributed by atoms with van der Waals surface area (Å²) in [5.41, 5.74) is 1.32. The zero-order chi connectivity index (χ0) is 12.3. The van der Waals surface area contributed by atoms with E-state index in [4.69, 9.17) is 5.11 Å². The molecule has 1 heterocycles. The summed E-state index contributed by atoms with van der Waals surface area (Å²) in [7, 11) is 0. The number of thioether (sulfide) groups is 1. The fourth-order valence-electron chi connectivity index (χ4n) is 1.91. The second kappa shape index (κ2) is 5.12. The molecule has 0 amide bonds. The summed E-state index contributed by atoms with van der Waals surface area (Å²) in [5, 5.41) is 13.0. The minimum Gasteiger partial charge on any atom is -0.481 e. The van der Waals surface area contributed by atoms with Crippen LogP contribution in [0.5, 0.6) is 0 Å². The Labute approximate surface area is 105 Å². The van der Waals surface area contributed by atoms with Crippen LogP contribution in [0.3, 0.4) is 0 Å². The van der Waals surface area contributed by atoms with Gasteiger partial charge in [-0.1, -0.05) is 0 Å². The van der Waals surface area contributed by atoms with Gasteiger partial charge >= 0.3 is 5.97 Å². The van der Waals surface area contributed by atoms with Gasteiger partial charge in [0.15, 0.2) is 0 Å². The Balaban J connectivity index is 1.74. The SMILES string of the molecule is CCn1cc(CSCC2(CC(=O)O)CC2)cn1. The highest BCUT2D eigenvalue weighted by Gasteiger charge is 2.43. The first-order chi connectivity index (χ1) is 8.13. The molecule has 1 saturated carbocycles. The Morgan fingerprint density at radius 1 is 1.65 bits per heavy atom. The lowest BCUT2D eigenvalue weighted by atomic mass is 10.1. The Kier molecular flexibility index (Phi) is 3.76. The van der Waals surface area contributed by atoms with Crippen LogP contribution in [0, 0.1) is 5.41 Å². The van der Waals surface area contributed by atoms with Gasteiger partial charge in [-0.25, -0.2) is 0 Å². The van der Waals surface area contributed by atoms with E-state index >= 15 is 0 Å². The highest BCUT2D eigenvalue weighted by atomic mass is 32.2. The van der Waals surface area contributed by atoms with Crippen molar-refractivity contribution in [1.82, 2.24) is 9.78 Å². The van der Waals surface area contributed by atoms with Gasteiger partial charge in [-0.3, -0.25) is 9.48 Å². The maximum atomic E-state index is 10.7. The van der Waals surface area contributed by atoms with Crippen molar-refractivity contribution in [1.29, 1.82) is 0 Å². The maximum absolute atomic E-state index is 10.7. The van der Waals surface area contributed by atoms with Gasteiger partial charge < -0.3 is 5.11 Å². The van der Waals surface area contributed by atoms with Crippen LogP contribution in [0.2, 0.25) is 0 Å². The number of rotatable bonds is 7. The zero-order valence-electron chi connectivity index (χ0n) is 10.1. The maximum Gasteiger partial charge on any atom is 0.303 e. The van der Waals surface area contributed by atoms with Crippen LogP contribution in [-0.4, -0.2) is 26.6 Å². The second-order valence-electron chi connectivity index (χ2n) is 4.77. The van der Waals surface area contributed by atoms with Gasteiger partial charge in [0, 0.05) is 18.5 Å². The molecule has 1 aliphatic rings. The number of aliphatic carboxylic acids is 1. The van der Waals surface area contributed by atoms with E-state index in [0.29, 0.717) is 6.42 Å². The lowest BCUT2D eigenvalue weighted by molar-refractivity contribution is -0.138. The largest absolute Gasteiger partial charge is 0.481 e. The predicted octanol–water partition coefficient (Wildman–Crippen LogP) is 2.39. The molecule has 17 heavy (non-hydrogen) atoms. The van der Waals surface area contributed by atoms with E-state index < -0.39 is 5.97 Å². The van der Waals surface area contributed by atoms with Crippen LogP contribution < -0.4 is 0 Å². The van der Waals surface area contributed by atoms with E-state index in [-0.39, 0.29) is 5.41 Å². The van der Waals surface area contributed by atoms with E-state index in [1.165, 1.54) is 5.56 Å². The molecule has 0 saturated heterocycles. The van der Waals surface area contributed by atoms with E-state index in [9.17, 15) is 4.79 Å². The standard InChI is InChI=1S/C12H18N2O2S/c1-2-14-7-10(6-13-14)8-17-9-12(3-4-12)5-11(15)16/h6-7H,2-5,8-9H2,1H3,(H,15,16). The smallest absolute Gasteiger partial charge is 0.303 e. The number of carboxylic acid groups (broad SMARTS) is 1. The molecule has 4 nitrogen and oxygen atoms in total. The highest BCUT2D eigenvalue weighted by Crippen LogP contribution is 2.51. The molecule has 0 atom stereocenters. The summed E-state index contributed by atoms with van der Waals surface area (Å²) in [6.07, 6.45) is 6.42. The molecular formula is C12H18N2O2S. The first-order valence-corrected chi connectivity index (χ1v) is 7.10. The molecule has 0 aliphatic heterocycles. The number of carboxylic acids is 1. The average Bonchev–Trinajstić information content (AvgIpc) is 2.87. The zero-order valence-corrected chi connectivity index (χ0v) is 10.9. The van der Waals surface area contributed by atoms with Crippen molar-refractivity contribution in [2.75, 3.05) is 5.75 Å². The summed E-state index contributed by atoms with van der Waals surface area (Å²) in [6, 6.07) is 0. The molecule has 0 aromatic carbocycles. The summed E-state index contributed by atoms with van der Waals surface area (Å²) < 4.78 is 1.92. The van der Waals surface area contributed by atoms with Gasteiger partial charge in [0.1, 0.15) is 0 Å². The first kappa shape index (κ1) is 12.5. The van der Waals surface area contributed by atoms with Crippen molar-refractivity contribution >= 4 is 17.7 Å². The molecule has 1 aromatic rings. The Bertz CT molecular complexity index is 399. The number of aromatic nitrogens is 2. The summed E-state index contributed by atoms with van der Waals surface area (Å²) in [5.74, 6) is 1.22. The van der Waals surface area contributed by atoms with Crippen molar-refractivity contribution in [3.63, 3.8) is 0 Å². The lowest BCUT2D eigenvalue weighted by Crippen LogP contribution is -2.11. The van der Waals surface area contributed by atoms with Crippen molar-refractivity contribution in [2.45, 2.75) is 38.5 Å². The van der Waals surface area contributed by atoms with E-state index in [2.05, 4.69) is 18.2 Å². The molecule has 94 valence electrons. The summed E-state index contributed by atoms with van der Waals surface area (Å²) >= 11 is 1.82. The molecule has 0 spiro atoms. The lowest BCUT2D eigenvalue weighted by Gasteiger charge is -2.10. The average molecular weight is 254 g/mol. The van der Waals surface area contributed by atoms with E-state index in [1.54, 1.807) is 0 Å². The first-order valence-electron chi connectivity index (χ1n) is 5.94. The van der Waals surface area contributed by atoms with E-state index in [1.807, 2.05) is 22.6 Å². The van der Waals surface area contributed by atoms with Crippen molar-refractivity contribution in [3.8, 4) is 0 Å². The van der Waals surface area contributed by atoms with Crippen molar-refractivity contribution in [3.05, 3.63) is 18.0 Å². The molecule has 0 bridgehead atoms. The fourth-order valence-corrected chi connectivity index (χ4v) is 3.22. The quantitative estimate of drug-likeness (QED) is 0.811. The third kappa shape index (κ3) is 3.49. The minimum atomic E-state index is -0.665. The predicted molar refractivity (Wildman–Crippen MR) is 68.0 cm³/mol. The Hall–Kier alpha value is -0.970. The van der Waals surface area contributed by atoms with Gasteiger partial charge in [0.25, 0.3) is 0 Å². The molecule has 1 aliphatic carbocycles. The molecule has 0 unspecified atom stereocenters. The highest BCUT2D eigenvalue weighted by molar-refractivity contribution is 7.98. The monoisotopic (exact) mass is 254 g/mol. The fraction of sp³-hybridized carbons (Fsp3) is 0.667. The number of aryl methyl sites for hydroxylation is 1.